The lowest BCUT2D eigenvalue weighted by atomic mass is 9.92. The molecule has 1 aromatic heterocycles. The molecule has 8 nitrogen and oxygen atoms in total. The molecule has 2 fully saturated rings. The molecule has 164 valence electrons. The van der Waals surface area contributed by atoms with Gasteiger partial charge in [0.05, 0.1) is 5.69 Å². The lowest BCUT2D eigenvalue weighted by molar-refractivity contribution is -0.133. The molecule has 3 heterocycles. The first kappa shape index (κ1) is 21.4. The summed E-state index contributed by atoms with van der Waals surface area (Å²) in [6.07, 6.45) is 3.64. The number of carbonyl (C=O) groups excluding carboxylic acids is 3. The third-order valence-corrected chi connectivity index (χ3v) is 6.44. The van der Waals surface area contributed by atoms with Gasteiger partial charge in [0.25, 0.3) is 5.91 Å². The molecular formula is C21H24FN5O3S. The summed E-state index contributed by atoms with van der Waals surface area (Å²) in [4.78, 5) is 45.4. The van der Waals surface area contributed by atoms with Crippen LogP contribution >= 0.6 is 11.3 Å². The highest BCUT2D eigenvalue weighted by atomic mass is 32.1. The van der Waals surface area contributed by atoms with Crippen LogP contribution in [0.3, 0.4) is 0 Å². The Morgan fingerprint density at radius 1 is 1.23 bits per heavy atom. The molecule has 0 aliphatic carbocycles. The van der Waals surface area contributed by atoms with Crippen LogP contribution in [-0.2, 0) is 21.7 Å². The summed E-state index contributed by atoms with van der Waals surface area (Å²) in [6, 6.07) is 4.66. The maximum absolute atomic E-state index is 13.2. The summed E-state index contributed by atoms with van der Waals surface area (Å²) in [5.74, 6) is -1.52. The van der Waals surface area contributed by atoms with E-state index in [1.807, 2.05) is 5.38 Å². The van der Waals surface area contributed by atoms with Crippen molar-refractivity contribution in [3.8, 4) is 0 Å². The number of likely N-dealkylation sites (tertiary alicyclic amines) is 1. The molecule has 2 N–H and O–H groups in total. The van der Waals surface area contributed by atoms with Crippen molar-refractivity contribution in [2.75, 3.05) is 25.0 Å². The lowest BCUT2D eigenvalue weighted by Gasteiger charge is -2.25. The number of amides is 4. The van der Waals surface area contributed by atoms with E-state index < -0.39 is 35.7 Å². The zero-order valence-electron chi connectivity index (χ0n) is 17.2. The SMILES string of the molecule is CC1(c2ccc(F)cc2)NC(=O)N(CC(=O)Nc2nc(CN3CCCCC3)cs2)C1=O. The van der Waals surface area contributed by atoms with Crippen LogP contribution in [0.25, 0.3) is 0 Å². The fourth-order valence-electron chi connectivity index (χ4n) is 3.91. The Morgan fingerprint density at radius 2 is 1.94 bits per heavy atom. The van der Waals surface area contributed by atoms with Crippen molar-refractivity contribution >= 4 is 34.3 Å². The van der Waals surface area contributed by atoms with Crippen LogP contribution in [-0.4, -0.2) is 52.3 Å². The van der Waals surface area contributed by atoms with Crippen molar-refractivity contribution in [1.82, 2.24) is 20.1 Å². The number of nitrogens with zero attached hydrogens (tertiary/aromatic N) is 3. The predicted molar refractivity (Wildman–Crippen MR) is 114 cm³/mol. The van der Waals surface area contributed by atoms with Gasteiger partial charge in [-0.15, -0.1) is 11.3 Å². The number of benzene rings is 1. The average Bonchev–Trinajstić information content (AvgIpc) is 3.27. The average molecular weight is 446 g/mol. The van der Waals surface area contributed by atoms with E-state index in [-0.39, 0.29) is 0 Å². The van der Waals surface area contributed by atoms with Gasteiger partial charge in [-0.25, -0.2) is 14.2 Å². The summed E-state index contributed by atoms with van der Waals surface area (Å²) in [5, 5.41) is 7.61. The predicted octanol–water partition coefficient (Wildman–Crippen LogP) is 2.67. The molecule has 1 atom stereocenters. The number of rotatable bonds is 6. The number of urea groups is 1. The van der Waals surface area contributed by atoms with Gasteiger partial charge in [-0.05, 0) is 50.6 Å². The van der Waals surface area contributed by atoms with Gasteiger partial charge in [-0.3, -0.25) is 19.4 Å². The Hall–Kier alpha value is -2.85. The van der Waals surface area contributed by atoms with E-state index in [0.717, 1.165) is 30.2 Å². The van der Waals surface area contributed by atoms with Gasteiger partial charge in [-0.2, -0.15) is 0 Å². The summed E-state index contributed by atoms with van der Waals surface area (Å²) in [5.41, 5.74) is -0.0214. The number of imide groups is 1. The first-order chi connectivity index (χ1) is 14.8. The minimum absolute atomic E-state index is 0.428. The fraction of sp³-hybridized carbons (Fsp3) is 0.429. The van der Waals surface area contributed by atoms with Crippen molar-refractivity contribution in [2.24, 2.45) is 0 Å². The van der Waals surface area contributed by atoms with Crippen LogP contribution < -0.4 is 10.6 Å². The number of carbonyl (C=O) groups is 3. The van der Waals surface area contributed by atoms with E-state index in [1.165, 1.54) is 61.8 Å². The lowest BCUT2D eigenvalue weighted by Crippen LogP contribution is -2.42. The number of piperidine rings is 1. The molecule has 0 radical (unpaired) electrons. The first-order valence-electron chi connectivity index (χ1n) is 10.2. The zero-order chi connectivity index (χ0) is 22.0. The Balaban J connectivity index is 1.37. The minimum atomic E-state index is -1.35. The van der Waals surface area contributed by atoms with Crippen molar-refractivity contribution in [2.45, 2.75) is 38.3 Å². The van der Waals surface area contributed by atoms with Gasteiger partial charge in [-0.1, -0.05) is 18.6 Å². The second kappa shape index (κ2) is 8.72. The maximum Gasteiger partial charge on any atom is 0.325 e. The van der Waals surface area contributed by atoms with E-state index in [9.17, 15) is 18.8 Å². The highest BCUT2D eigenvalue weighted by Crippen LogP contribution is 2.29. The first-order valence-corrected chi connectivity index (χ1v) is 11.1. The van der Waals surface area contributed by atoms with Gasteiger partial charge >= 0.3 is 6.03 Å². The third kappa shape index (κ3) is 4.59. The van der Waals surface area contributed by atoms with Crippen LogP contribution in [0, 0.1) is 5.82 Å². The van der Waals surface area contributed by atoms with Gasteiger partial charge < -0.3 is 10.6 Å². The van der Waals surface area contributed by atoms with Crippen LogP contribution in [0.4, 0.5) is 14.3 Å². The molecule has 10 heteroatoms. The maximum atomic E-state index is 13.2. The van der Waals surface area contributed by atoms with Crippen molar-refractivity contribution in [3.63, 3.8) is 0 Å². The number of hydrogen-bond acceptors (Lipinski definition) is 6. The normalized spacial score (nSPS) is 21.9. The fourth-order valence-corrected chi connectivity index (χ4v) is 4.62. The topological polar surface area (TPSA) is 94.6 Å². The van der Waals surface area contributed by atoms with E-state index in [4.69, 9.17) is 0 Å². The summed E-state index contributed by atoms with van der Waals surface area (Å²) < 4.78 is 13.2. The monoisotopic (exact) mass is 445 g/mol. The Labute approximate surface area is 183 Å². The standard InChI is InChI=1S/C21H24FN5O3S/c1-21(14-5-7-15(22)8-6-14)18(29)27(20(30)25-21)12-17(28)24-19-23-16(13-31-19)11-26-9-3-2-4-10-26/h5-8,13H,2-4,9-12H2,1H3,(H,25,30)(H,23,24,28). The second-order valence-electron chi connectivity index (χ2n) is 7.98. The molecule has 0 bridgehead atoms. The molecule has 2 saturated heterocycles. The number of hydrogen-bond donors (Lipinski definition) is 2. The Bertz CT molecular complexity index is 989. The van der Waals surface area contributed by atoms with Crippen molar-refractivity contribution in [1.29, 1.82) is 0 Å². The van der Waals surface area contributed by atoms with Crippen molar-refractivity contribution in [3.05, 3.63) is 46.7 Å². The highest BCUT2D eigenvalue weighted by Gasteiger charge is 2.49. The van der Waals surface area contributed by atoms with E-state index in [0.29, 0.717) is 10.7 Å². The third-order valence-electron chi connectivity index (χ3n) is 5.63. The van der Waals surface area contributed by atoms with Crippen LogP contribution in [0.2, 0.25) is 0 Å². The van der Waals surface area contributed by atoms with Gasteiger partial charge in [0, 0.05) is 11.9 Å². The number of anilines is 1. The molecule has 1 unspecified atom stereocenters. The molecular weight excluding hydrogens is 421 g/mol. The quantitative estimate of drug-likeness (QED) is 0.667. The van der Waals surface area contributed by atoms with E-state index in [2.05, 4.69) is 20.5 Å². The summed E-state index contributed by atoms with van der Waals surface area (Å²) in [6.45, 7) is 3.96. The Kier molecular flexibility index (Phi) is 6.01. The molecule has 31 heavy (non-hydrogen) atoms. The molecule has 4 amide bonds. The smallest absolute Gasteiger partial charge is 0.319 e. The minimum Gasteiger partial charge on any atom is -0.319 e. The number of thiazole rings is 1. The molecule has 2 aromatic rings. The van der Waals surface area contributed by atoms with Crippen molar-refractivity contribution < 1.29 is 18.8 Å². The van der Waals surface area contributed by atoms with Crippen LogP contribution in [0.15, 0.2) is 29.6 Å². The van der Waals surface area contributed by atoms with Crippen LogP contribution in [0.1, 0.15) is 37.4 Å². The summed E-state index contributed by atoms with van der Waals surface area (Å²) in [7, 11) is 0. The van der Waals surface area contributed by atoms with E-state index >= 15 is 0 Å². The molecule has 2 aliphatic heterocycles. The van der Waals surface area contributed by atoms with Crippen LogP contribution in [0.5, 0.6) is 0 Å². The van der Waals surface area contributed by atoms with E-state index in [1.54, 1.807) is 0 Å². The summed E-state index contributed by atoms with van der Waals surface area (Å²) >= 11 is 1.31. The van der Waals surface area contributed by atoms with Gasteiger partial charge in [0.1, 0.15) is 17.9 Å². The molecule has 1 aromatic carbocycles. The Morgan fingerprint density at radius 3 is 2.65 bits per heavy atom. The zero-order valence-corrected chi connectivity index (χ0v) is 18.0. The van der Waals surface area contributed by atoms with Gasteiger partial charge in [0.15, 0.2) is 5.13 Å². The molecule has 2 aliphatic rings. The molecule has 4 rings (SSSR count). The molecule has 0 saturated carbocycles. The highest BCUT2D eigenvalue weighted by molar-refractivity contribution is 7.13. The second-order valence-corrected chi connectivity index (χ2v) is 8.84. The number of halogens is 1. The largest absolute Gasteiger partial charge is 0.325 e. The number of nitrogens with one attached hydrogen (secondary N) is 2. The molecule has 0 spiro atoms. The number of aromatic nitrogens is 1. The van der Waals surface area contributed by atoms with Gasteiger partial charge in [0.2, 0.25) is 5.91 Å².